The molecule has 7 nitrogen and oxygen atoms in total. The molecule has 5 rings (SSSR count). The van der Waals surface area contributed by atoms with Crippen molar-refractivity contribution in [3.05, 3.63) is 112 Å². The van der Waals surface area contributed by atoms with Crippen LogP contribution >= 0.6 is 0 Å². The van der Waals surface area contributed by atoms with Gasteiger partial charge in [0.05, 0.1) is 17.3 Å². The molecule has 2 N–H and O–H groups in total. The van der Waals surface area contributed by atoms with E-state index in [1.165, 1.54) is 0 Å². The number of rotatable bonds is 9. The Morgan fingerprint density at radius 2 is 1.42 bits per heavy atom. The molecule has 1 unspecified atom stereocenters. The third-order valence-electron chi connectivity index (χ3n) is 7.99. The van der Waals surface area contributed by atoms with E-state index in [0.29, 0.717) is 60.3 Å². The summed E-state index contributed by atoms with van der Waals surface area (Å²) in [7, 11) is 0. The molecule has 1 saturated heterocycles. The normalized spacial score (nSPS) is 16.2. The molecule has 3 aromatic carbocycles. The number of amides is 1. The van der Waals surface area contributed by atoms with Gasteiger partial charge in [-0.05, 0) is 30.2 Å². The van der Waals surface area contributed by atoms with E-state index in [1.807, 2.05) is 72.5 Å². The number of carbonyl (C=O) groups excluding carboxylic acids is 1. The maximum absolute atomic E-state index is 14.2. The van der Waals surface area contributed by atoms with Gasteiger partial charge in [-0.25, -0.2) is 0 Å². The quantitative estimate of drug-likeness (QED) is 0.289. The molecule has 1 fully saturated rings. The number of fused-ring (bicyclic) bond motifs is 1. The molecule has 0 radical (unpaired) electrons. The number of aliphatic hydroxyl groups excluding tert-OH is 1. The zero-order valence-electron chi connectivity index (χ0n) is 23.9. The van der Waals surface area contributed by atoms with Crippen LogP contribution in [0.4, 0.5) is 13.2 Å². The Morgan fingerprint density at radius 3 is 2.02 bits per heavy atom. The molecule has 2 heterocycles. The molecular weight excluding hydrogens is 557 g/mol. The number of aromatic nitrogens is 1. The van der Waals surface area contributed by atoms with Crippen molar-refractivity contribution in [2.45, 2.75) is 38.2 Å². The van der Waals surface area contributed by atoms with E-state index in [1.54, 1.807) is 33.7 Å². The summed E-state index contributed by atoms with van der Waals surface area (Å²) in [6, 6.07) is 25.7. The first-order valence-electron chi connectivity index (χ1n) is 14.4. The number of piperazine rings is 1. The van der Waals surface area contributed by atoms with Gasteiger partial charge in [0, 0.05) is 55.7 Å². The fraction of sp³-hybridized carbons (Fsp3) is 0.333. The number of carbonyl (C=O) groups is 1. The Bertz CT molecular complexity index is 1600. The Balaban J connectivity index is 1.55. The van der Waals surface area contributed by atoms with Crippen molar-refractivity contribution in [3.8, 4) is 5.69 Å². The van der Waals surface area contributed by atoms with Crippen LogP contribution in [-0.2, 0) is 6.54 Å². The number of pyridine rings is 1. The van der Waals surface area contributed by atoms with Crippen LogP contribution in [0.3, 0.4) is 0 Å². The van der Waals surface area contributed by atoms with Crippen LogP contribution in [0.5, 0.6) is 0 Å². The van der Waals surface area contributed by atoms with Gasteiger partial charge in [0.25, 0.3) is 11.5 Å². The Hall–Kier alpha value is -3.99. The summed E-state index contributed by atoms with van der Waals surface area (Å²) < 4.78 is 40.4. The number of β-amino-alcohol motifs (C(OH)–C–C–N with tert-alkyl or cyclic N) is 1. The van der Waals surface area contributed by atoms with Gasteiger partial charge in [0.2, 0.25) is 0 Å². The molecule has 1 aliphatic heterocycles. The topological polar surface area (TPSA) is 77.8 Å². The van der Waals surface area contributed by atoms with Crippen molar-refractivity contribution in [3.63, 3.8) is 0 Å². The summed E-state index contributed by atoms with van der Waals surface area (Å²) in [5.41, 5.74) is 2.24. The predicted molar refractivity (Wildman–Crippen MR) is 160 cm³/mol. The van der Waals surface area contributed by atoms with E-state index in [-0.39, 0.29) is 24.1 Å². The second kappa shape index (κ2) is 13.1. The first kappa shape index (κ1) is 30.5. The first-order valence-corrected chi connectivity index (χ1v) is 14.4. The molecule has 0 spiro atoms. The van der Waals surface area contributed by atoms with Gasteiger partial charge in [0.1, 0.15) is 0 Å². The van der Waals surface area contributed by atoms with Crippen molar-refractivity contribution in [1.29, 1.82) is 0 Å². The average Bonchev–Trinajstić information content (AvgIpc) is 3.01. The lowest BCUT2D eigenvalue weighted by Crippen LogP contribution is -2.50. The lowest BCUT2D eigenvalue weighted by Gasteiger charge is -2.36. The highest BCUT2D eigenvalue weighted by atomic mass is 19.4. The third-order valence-corrected chi connectivity index (χ3v) is 7.99. The molecule has 0 aliphatic carbocycles. The van der Waals surface area contributed by atoms with E-state index >= 15 is 0 Å². The molecule has 1 aromatic heterocycles. The largest absolute Gasteiger partial charge is 0.415 e. The number of nitrogens with zero attached hydrogens (tertiary/aromatic N) is 3. The number of para-hydroxylation sites is 1. The van der Waals surface area contributed by atoms with Crippen LogP contribution in [0.15, 0.2) is 89.7 Å². The summed E-state index contributed by atoms with van der Waals surface area (Å²) in [5.74, 6) is -0.307. The molecule has 0 bridgehead atoms. The minimum absolute atomic E-state index is 0.232. The van der Waals surface area contributed by atoms with Crippen LogP contribution in [-0.4, -0.2) is 70.4 Å². The molecule has 0 saturated carbocycles. The Kier molecular flexibility index (Phi) is 9.29. The van der Waals surface area contributed by atoms with Gasteiger partial charge in [0.15, 0.2) is 6.10 Å². The van der Waals surface area contributed by atoms with Gasteiger partial charge >= 0.3 is 6.18 Å². The molecular formula is C33H35F3N4O3. The van der Waals surface area contributed by atoms with Crippen molar-refractivity contribution in [1.82, 2.24) is 19.7 Å². The monoisotopic (exact) mass is 592 g/mol. The molecule has 2 atom stereocenters. The van der Waals surface area contributed by atoms with Crippen molar-refractivity contribution in [2.24, 2.45) is 0 Å². The van der Waals surface area contributed by atoms with Gasteiger partial charge in [-0.15, -0.1) is 0 Å². The minimum Gasteiger partial charge on any atom is -0.382 e. The Labute approximate surface area is 248 Å². The summed E-state index contributed by atoms with van der Waals surface area (Å²) in [5, 5.41) is 13.7. The molecule has 4 aromatic rings. The third kappa shape index (κ3) is 6.82. The highest BCUT2D eigenvalue weighted by molar-refractivity contribution is 6.08. The van der Waals surface area contributed by atoms with Gasteiger partial charge in [-0.1, -0.05) is 73.7 Å². The van der Waals surface area contributed by atoms with Gasteiger partial charge in [-0.2, -0.15) is 13.2 Å². The summed E-state index contributed by atoms with van der Waals surface area (Å²) in [6.45, 7) is 3.17. The standard InChI is InChI=1S/C33H35F3N4O3/c1-2-27(23-11-5-3-6-12-23)37-31(42)30-25-15-9-10-16-26(25)32(43)40(24-13-7-4-8-14-24)28(30)21-38-17-19-39(20-18-38)22-29(41)33(34,35)36/h3-16,27,29,41H,2,17-22H2,1H3,(H,37,42)/t27-,29?/m0/s1. The van der Waals surface area contributed by atoms with E-state index < -0.39 is 18.8 Å². The SMILES string of the molecule is CC[C@H](NC(=O)c1c(CN2CCN(CC(O)C(F)(F)F)CC2)n(-c2ccccc2)c(=O)c2ccccc12)c1ccccc1. The molecule has 1 aliphatic rings. The maximum atomic E-state index is 14.2. The number of hydrogen-bond acceptors (Lipinski definition) is 5. The van der Waals surface area contributed by atoms with E-state index in [0.717, 1.165) is 5.56 Å². The number of nitrogens with one attached hydrogen (secondary N) is 1. The number of hydrogen-bond donors (Lipinski definition) is 2. The summed E-state index contributed by atoms with van der Waals surface area (Å²) in [6.07, 6.45) is -6.42. The summed E-state index contributed by atoms with van der Waals surface area (Å²) >= 11 is 0. The van der Waals surface area contributed by atoms with E-state index in [4.69, 9.17) is 0 Å². The van der Waals surface area contributed by atoms with Crippen LogP contribution in [0.2, 0.25) is 0 Å². The van der Waals surface area contributed by atoms with Crippen molar-refractivity contribution < 1.29 is 23.1 Å². The smallest absolute Gasteiger partial charge is 0.382 e. The fourth-order valence-electron chi connectivity index (χ4n) is 5.68. The second-order valence-corrected chi connectivity index (χ2v) is 10.8. The molecule has 1 amide bonds. The predicted octanol–water partition coefficient (Wildman–Crippen LogP) is 4.91. The van der Waals surface area contributed by atoms with Crippen LogP contribution in [0.25, 0.3) is 16.5 Å². The number of aliphatic hydroxyl groups is 1. The van der Waals surface area contributed by atoms with Gasteiger partial charge in [-0.3, -0.25) is 24.0 Å². The lowest BCUT2D eigenvalue weighted by molar-refractivity contribution is -0.209. The van der Waals surface area contributed by atoms with Crippen LogP contribution in [0.1, 0.15) is 41.0 Å². The number of alkyl halides is 3. The van der Waals surface area contributed by atoms with Crippen LogP contribution < -0.4 is 10.9 Å². The number of halogens is 3. The van der Waals surface area contributed by atoms with Crippen molar-refractivity contribution >= 4 is 16.7 Å². The summed E-state index contributed by atoms with van der Waals surface area (Å²) in [4.78, 5) is 31.9. The van der Waals surface area contributed by atoms with Gasteiger partial charge < -0.3 is 10.4 Å². The first-order chi connectivity index (χ1) is 20.7. The molecule has 43 heavy (non-hydrogen) atoms. The molecule has 10 heteroatoms. The highest BCUT2D eigenvalue weighted by Gasteiger charge is 2.39. The van der Waals surface area contributed by atoms with E-state index in [2.05, 4.69) is 5.32 Å². The van der Waals surface area contributed by atoms with Crippen LogP contribution in [0, 0.1) is 0 Å². The number of benzene rings is 3. The molecule has 226 valence electrons. The second-order valence-electron chi connectivity index (χ2n) is 10.8. The van der Waals surface area contributed by atoms with Crippen molar-refractivity contribution in [2.75, 3.05) is 32.7 Å². The zero-order chi connectivity index (χ0) is 30.6. The Morgan fingerprint density at radius 1 is 0.860 bits per heavy atom. The zero-order valence-corrected chi connectivity index (χ0v) is 23.9. The average molecular weight is 593 g/mol. The minimum atomic E-state index is -4.67. The maximum Gasteiger partial charge on any atom is 0.415 e. The highest BCUT2D eigenvalue weighted by Crippen LogP contribution is 2.27. The fourth-order valence-corrected chi connectivity index (χ4v) is 5.68. The lowest BCUT2D eigenvalue weighted by atomic mass is 9.99. The van der Waals surface area contributed by atoms with E-state index in [9.17, 15) is 27.9 Å².